The van der Waals surface area contributed by atoms with Crippen molar-refractivity contribution >= 4 is 28.9 Å². The van der Waals surface area contributed by atoms with E-state index >= 15 is 0 Å². The fraction of sp³-hybridized carbons (Fsp3) is 0.182. The van der Waals surface area contributed by atoms with Gasteiger partial charge < -0.3 is 25.1 Å². The molecule has 0 bridgehead atoms. The van der Waals surface area contributed by atoms with Crippen molar-refractivity contribution in [1.82, 2.24) is 0 Å². The third-order valence-electron chi connectivity index (χ3n) is 3.81. The molecule has 1 aromatic heterocycles. The second kappa shape index (κ2) is 9.45. The number of rotatable bonds is 8. The summed E-state index contributed by atoms with van der Waals surface area (Å²) in [7, 11) is 0. The normalized spacial score (nSPS) is 10.4. The standard InChI is InChI=1S/C22H23N3O4/c1-15(2)29-19-9-4-6-16(13-19)23-14-21(26)24-17-7-3-8-18(12-17)25-22(27)20-10-5-11-28-20/h3-13,15,23H,14H2,1-2H3,(H,24,26)(H,25,27). The number of benzene rings is 2. The Morgan fingerprint density at radius 3 is 2.38 bits per heavy atom. The molecule has 1 heterocycles. The number of ether oxygens (including phenoxy) is 1. The molecule has 3 aromatic rings. The van der Waals surface area contributed by atoms with E-state index in [1.807, 2.05) is 38.1 Å². The van der Waals surface area contributed by atoms with Crippen LogP contribution in [0.3, 0.4) is 0 Å². The highest BCUT2D eigenvalue weighted by atomic mass is 16.5. The first kappa shape index (κ1) is 20.0. The van der Waals surface area contributed by atoms with Gasteiger partial charge in [-0.3, -0.25) is 9.59 Å². The second-order valence-electron chi connectivity index (χ2n) is 6.61. The third-order valence-corrected chi connectivity index (χ3v) is 3.81. The van der Waals surface area contributed by atoms with E-state index in [1.165, 1.54) is 6.26 Å². The molecule has 0 atom stereocenters. The van der Waals surface area contributed by atoms with Gasteiger partial charge in [-0.2, -0.15) is 0 Å². The molecule has 0 saturated heterocycles. The van der Waals surface area contributed by atoms with Crippen LogP contribution < -0.4 is 20.7 Å². The van der Waals surface area contributed by atoms with Gasteiger partial charge in [0.15, 0.2) is 5.76 Å². The first-order chi connectivity index (χ1) is 14.0. The number of hydrogen-bond acceptors (Lipinski definition) is 5. The Labute approximate surface area is 169 Å². The summed E-state index contributed by atoms with van der Waals surface area (Å²) in [5.41, 5.74) is 1.92. The summed E-state index contributed by atoms with van der Waals surface area (Å²) in [6.45, 7) is 4.01. The highest BCUT2D eigenvalue weighted by molar-refractivity contribution is 6.02. The molecule has 0 unspecified atom stereocenters. The van der Waals surface area contributed by atoms with Crippen molar-refractivity contribution in [3.63, 3.8) is 0 Å². The monoisotopic (exact) mass is 393 g/mol. The Kier molecular flexibility index (Phi) is 6.52. The summed E-state index contributed by atoms with van der Waals surface area (Å²) in [5, 5.41) is 8.59. The van der Waals surface area contributed by atoms with Gasteiger partial charge in [-0.25, -0.2) is 0 Å². The number of amides is 2. The van der Waals surface area contributed by atoms with Gasteiger partial charge in [0.25, 0.3) is 5.91 Å². The Morgan fingerprint density at radius 1 is 0.931 bits per heavy atom. The number of anilines is 3. The van der Waals surface area contributed by atoms with E-state index in [9.17, 15) is 9.59 Å². The van der Waals surface area contributed by atoms with Gasteiger partial charge in [0, 0.05) is 23.1 Å². The van der Waals surface area contributed by atoms with Crippen LogP contribution in [0.15, 0.2) is 71.3 Å². The first-order valence-corrected chi connectivity index (χ1v) is 9.25. The lowest BCUT2D eigenvalue weighted by Gasteiger charge is -2.12. The van der Waals surface area contributed by atoms with E-state index in [4.69, 9.17) is 9.15 Å². The molecule has 150 valence electrons. The predicted octanol–water partition coefficient (Wildman–Crippen LogP) is 4.37. The van der Waals surface area contributed by atoms with Crippen LogP contribution >= 0.6 is 0 Å². The average Bonchev–Trinajstić information content (AvgIpc) is 3.21. The van der Waals surface area contributed by atoms with Gasteiger partial charge in [0.2, 0.25) is 5.91 Å². The average molecular weight is 393 g/mol. The molecule has 2 amide bonds. The molecular formula is C22H23N3O4. The fourth-order valence-electron chi connectivity index (χ4n) is 2.61. The van der Waals surface area contributed by atoms with Gasteiger partial charge in [-0.1, -0.05) is 12.1 Å². The number of carbonyl (C=O) groups is 2. The van der Waals surface area contributed by atoms with Gasteiger partial charge in [0.05, 0.1) is 18.9 Å². The van der Waals surface area contributed by atoms with E-state index in [2.05, 4.69) is 16.0 Å². The largest absolute Gasteiger partial charge is 0.491 e. The van der Waals surface area contributed by atoms with Gasteiger partial charge in [-0.15, -0.1) is 0 Å². The van der Waals surface area contributed by atoms with Crippen LogP contribution in [0.2, 0.25) is 0 Å². The summed E-state index contributed by atoms with van der Waals surface area (Å²) in [6.07, 6.45) is 1.51. The van der Waals surface area contributed by atoms with Crippen molar-refractivity contribution in [1.29, 1.82) is 0 Å². The van der Waals surface area contributed by atoms with E-state index in [1.54, 1.807) is 36.4 Å². The lowest BCUT2D eigenvalue weighted by molar-refractivity contribution is -0.114. The maximum absolute atomic E-state index is 12.3. The van der Waals surface area contributed by atoms with Crippen molar-refractivity contribution in [2.45, 2.75) is 20.0 Å². The zero-order valence-electron chi connectivity index (χ0n) is 16.3. The lowest BCUT2D eigenvalue weighted by Crippen LogP contribution is -2.22. The van der Waals surface area contributed by atoms with Crippen molar-refractivity contribution < 1.29 is 18.7 Å². The Balaban J connectivity index is 1.53. The minimum Gasteiger partial charge on any atom is -0.491 e. The molecular weight excluding hydrogens is 370 g/mol. The smallest absolute Gasteiger partial charge is 0.291 e. The molecule has 0 fully saturated rings. The highest BCUT2D eigenvalue weighted by Gasteiger charge is 2.09. The van der Waals surface area contributed by atoms with Gasteiger partial charge in [-0.05, 0) is 56.3 Å². The number of carbonyl (C=O) groups excluding carboxylic acids is 2. The maximum atomic E-state index is 12.3. The quantitative estimate of drug-likeness (QED) is 0.528. The van der Waals surface area contributed by atoms with Crippen LogP contribution in [0.4, 0.5) is 17.1 Å². The minimum atomic E-state index is -0.358. The van der Waals surface area contributed by atoms with Crippen LogP contribution in [0, 0.1) is 0 Å². The fourth-order valence-corrected chi connectivity index (χ4v) is 2.61. The SMILES string of the molecule is CC(C)Oc1cccc(NCC(=O)Nc2cccc(NC(=O)c3ccco3)c2)c1. The molecule has 29 heavy (non-hydrogen) atoms. The Bertz CT molecular complexity index is 968. The molecule has 7 nitrogen and oxygen atoms in total. The van der Waals surface area contributed by atoms with Crippen molar-refractivity contribution in [3.8, 4) is 5.75 Å². The predicted molar refractivity (Wildman–Crippen MR) is 112 cm³/mol. The van der Waals surface area contributed by atoms with Crippen LogP contribution in [-0.4, -0.2) is 24.5 Å². The van der Waals surface area contributed by atoms with Crippen LogP contribution in [-0.2, 0) is 4.79 Å². The van der Waals surface area contributed by atoms with Crippen LogP contribution in [0.5, 0.6) is 5.75 Å². The zero-order chi connectivity index (χ0) is 20.6. The molecule has 3 rings (SSSR count). The molecule has 0 spiro atoms. The molecule has 3 N–H and O–H groups in total. The van der Waals surface area contributed by atoms with Crippen molar-refractivity contribution in [2.75, 3.05) is 22.5 Å². The molecule has 0 saturated carbocycles. The maximum Gasteiger partial charge on any atom is 0.291 e. The van der Waals surface area contributed by atoms with Crippen LogP contribution in [0.25, 0.3) is 0 Å². The highest BCUT2D eigenvalue weighted by Crippen LogP contribution is 2.19. The van der Waals surface area contributed by atoms with E-state index < -0.39 is 0 Å². The Morgan fingerprint density at radius 2 is 1.66 bits per heavy atom. The summed E-state index contributed by atoms with van der Waals surface area (Å²) in [5.74, 6) is 0.385. The first-order valence-electron chi connectivity index (χ1n) is 9.25. The van der Waals surface area contributed by atoms with Gasteiger partial charge >= 0.3 is 0 Å². The summed E-state index contributed by atoms with van der Waals surface area (Å²) in [4.78, 5) is 24.3. The Hall–Kier alpha value is -3.74. The summed E-state index contributed by atoms with van der Waals surface area (Å²) >= 11 is 0. The molecule has 0 aliphatic rings. The van der Waals surface area contributed by atoms with Crippen LogP contribution in [0.1, 0.15) is 24.4 Å². The number of furan rings is 1. The summed E-state index contributed by atoms with van der Waals surface area (Å²) < 4.78 is 10.7. The third kappa shape index (κ3) is 6.14. The molecule has 2 aromatic carbocycles. The number of nitrogens with one attached hydrogen (secondary N) is 3. The summed E-state index contributed by atoms with van der Waals surface area (Å²) in [6, 6.07) is 17.6. The second-order valence-corrected chi connectivity index (χ2v) is 6.61. The minimum absolute atomic E-state index is 0.0779. The van der Waals surface area contributed by atoms with Crippen molar-refractivity contribution in [2.24, 2.45) is 0 Å². The lowest BCUT2D eigenvalue weighted by atomic mass is 10.2. The molecule has 0 radical (unpaired) electrons. The molecule has 0 aliphatic carbocycles. The van der Waals surface area contributed by atoms with E-state index in [0.717, 1.165) is 11.4 Å². The van der Waals surface area contributed by atoms with E-state index in [0.29, 0.717) is 11.4 Å². The topological polar surface area (TPSA) is 92.6 Å². The number of hydrogen-bond donors (Lipinski definition) is 3. The zero-order valence-corrected chi connectivity index (χ0v) is 16.3. The van der Waals surface area contributed by atoms with Crippen molar-refractivity contribution in [3.05, 3.63) is 72.7 Å². The van der Waals surface area contributed by atoms with Gasteiger partial charge in [0.1, 0.15) is 5.75 Å². The molecule has 7 heteroatoms. The molecule has 0 aliphatic heterocycles. The van der Waals surface area contributed by atoms with E-state index in [-0.39, 0.29) is 30.2 Å².